The zero-order valence-electron chi connectivity index (χ0n) is 11.8. The average Bonchev–Trinajstić information content (AvgIpc) is 2.31. The fraction of sp³-hybridized carbons (Fsp3) is 0.600. The first-order valence-electron chi connectivity index (χ1n) is 6.57. The molecule has 0 heterocycles. The maximum absolute atomic E-state index is 4.98. The van der Waals surface area contributed by atoms with Gasteiger partial charge in [0.1, 0.15) is 0 Å². The van der Waals surface area contributed by atoms with E-state index >= 15 is 0 Å². The van der Waals surface area contributed by atoms with Crippen molar-refractivity contribution in [2.45, 2.75) is 26.0 Å². The Kier molecular flexibility index (Phi) is 8.14. The first kappa shape index (κ1) is 15.5. The number of ether oxygens (including phenoxy) is 1. The number of benzene rings is 1. The highest BCUT2D eigenvalue weighted by Gasteiger charge is 1.97. The lowest BCUT2D eigenvalue weighted by molar-refractivity contribution is 0.199. The van der Waals surface area contributed by atoms with E-state index in [4.69, 9.17) is 4.74 Å². The lowest BCUT2D eigenvalue weighted by atomic mass is 10.1. The highest BCUT2D eigenvalue weighted by Crippen LogP contribution is 2.16. The summed E-state index contributed by atoms with van der Waals surface area (Å²) in [5.74, 6) is 2.34. The maximum Gasteiger partial charge on any atom is 0.0587 e. The van der Waals surface area contributed by atoms with Gasteiger partial charge >= 0.3 is 0 Å². The molecule has 0 aliphatic heterocycles. The van der Waals surface area contributed by atoms with Crippen molar-refractivity contribution in [3.05, 3.63) is 34.9 Å². The van der Waals surface area contributed by atoms with Gasteiger partial charge in [-0.25, -0.2) is 0 Å². The molecule has 0 fully saturated rings. The Bertz CT molecular complexity index is 321. The van der Waals surface area contributed by atoms with E-state index in [2.05, 4.69) is 37.4 Å². The van der Waals surface area contributed by atoms with Crippen molar-refractivity contribution in [3.63, 3.8) is 0 Å². The minimum absolute atomic E-state index is 0.801. The van der Waals surface area contributed by atoms with Gasteiger partial charge in [0, 0.05) is 19.4 Å². The molecule has 1 N–H and O–H groups in total. The molecule has 0 amide bonds. The number of nitrogens with one attached hydrogen (secondary N) is 1. The number of hydrogen-bond acceptors (Lipinski definition) is 3. The fourth-order valence-corrected chi connectivity index (χ4v) is 2.84. The summed E-state index contributed by atoms with van der Waals surface area (Å²) >= 11 is 2.02. The molecule has 0 radical (unpaired) electrons. The zero-order chi connectivity index (χ0) is 13.2. The first-order chi connectivity index (χ1) is 8.72. The largest absolute Gasteiger partial charge is 0.383 e. The quantitative estimate of drug-likeness (QED) is 0.694. The third-order valence-corrected chi connectivity index (χ3v) is 3.79. The molecule has 0 saturated heterocycles. The molecule has 18 heavy (non-hydrogen) atoms. The van der Waals surface area contributed by atoms with Crippen LogP contribution in [-0.4, -0.2) is 32.6 Å². The normalized spacial score (nSPS) is 10.8. The van der Waals surface area contributed by atoms with Crippen LogP contribution in [0.4, 0.5) is 0 Å². The van der Waals surface area contributed by atoms with Gasteiger partial charge in [-0.3, -0.25) is 0 Å². The standard InChI is InChI=1S/C15H25NOS/c1-13-9-14(2)11-15(10-13)12-18-8-4-5-16-6-7-17-3/h9-11,16H,4-8,12H2,1-3H3. The van der Waals surface area contributed by atoms with E-state index in [-0.39, 0.29) is 0 Å². The van der Waals surface area contributed by atoms with Gasteiger partial charge in [0.05, 0.1) is 6.61 Å². The van der Waals surface area contributed by atoms with Crippen LogP contribution in [0.2, 0.25) is 0 Å². The maximum atomic E-state index is 4.98. The van der Waals surface area contributed by atoms with Crippen LogP contribution in [0.15, 0.2) is 18.2 Å². The summed E-state index contributed by atoms with van der Waals surface area (Å²) in [4.78, 5) is 0. The molecule has 0 aliphatic carbocycles. The Morgan fingerprint density at radius 3 is 2.50 bits per heavy atom. The van der Waals surface area contributed by atoms with Crippen molar-refractivity contribution in [2.24, 2.45) is 0 Å². The zero-order valence-corrected chi connectivity index (χ0v) is 12.6. The molecule has 0 unspecified atom stereocenters. The second-order valence-corrected chi connectivity index (χ2v) is 5.75. The molecular formula is C15H25NOS. The number of rotatable bonds is 9. The molecule has 2 nitrogen and oxygen atoms in total. The van der Waals surface area contributed by atoms with Crippen LogP contribution >= 0.6 is 11.8 Å². The van der Waals surface area contributed by atoms with E-state index in [9.17, 15) is 0 Å². The Labute approximate surface area is 116 Å². The highest BCUT2D eigenvalue weighted by molar-refractivity contribution is 7.98. The van der Waals surface area contributed by atoms with Gasteiger partial charge in [0.15, 0.2) is 0 Å². The summed E-state index contributed by atoms with van der Waals surface area (Å²) in [7, 11) is 1.74. The molecular weight excluding hydrogens is 242 g/mol. The SMILES string of the molecule is COCCNCCCSCc1cc(C)cc(C)c1. The van der Waals surface area contributed by atoms with Gasteiger partial charge in [-0.2, -0.15) is 11.8 Å². The van der Waals surface area contributed by atoms with Gasteiger partial charge in [-0.1, -0.05) is 29.3 Å². The van der Waals surface area contributed by atoms with E-state index in [1.54, 1.807) is 7.11 Å². The molecule has 0 saturated carbocycles. The lowest BCUT2D eigenvalue weighted by Gasteiger charge is -2.06. The average molecular weight is 267 g/mol. The number of thioether (sulfide) groups is 1. The fourth-order valence-electron chi connectivity index (χ4n) is 1.94. The van der Waals surface area contributed by atoms with Crippen molar-refractivity contribution in [3.8, 4) is 0 Å². The van der Waals surface area contributed by atoms with Gasteiger partial charge in [-0.15, -0.1) is 0 Å². The van der Waals surface area contributed by atoms with Crippen LogP contribution in [0.5, 0.6) is 0 Å². The first-order valence-corrected chi connectivity index (χ1v) is 7.72. The summed E-state index contributed by atoms with van der Waals surface area (Å²) in [5.41, 5.74) is 4.18. The van der Waals surface area contributed by atoms with Crippen molar-refractivity contribution >= 4 is 11.8 Å². The minimum atomic E-state index is 0.801. The monoisotopic (exact) mass is 267 g/mol. The molecule has 0 bridgehead atoms. The predicted molar refractivity (Wildman–Crippen MR) is 81.4 cm³/mol. The van der Waals surface area contributed by atoms with Gasteiger partial charge in [-0.05, 0) is 38.1 Å². The molecule has 0 aliphatic rings. The summed E-state index contributed by atoms with van der Waals surface area (Å²) in [6, 6.07) is 6.81. The van der Waals surface area contributed by atoms with Crippen LogP contribution < -0.4 is 5.32 Å². The summed E-state index contributed by atoms with van der Waals surface area (Å²) < 4.78 is 4.98. The molecule has 1 aromatic rings. The Balaban J connectivity index is 2.07. The van der Waals surface area contributed by atoms with E-state index in [1.807, 2.05) is 11.8 Å². The predicted octanol–water partition coefficient (Wildman–Crippen LogP) is 3.16. The van der Waals surface area contributed by atoms with Crippen molar-refractivity contribution in [1.29, 1.82) is 0 Å². The molecule has 0 atom stereocenters. The lowest BCUT2D eigenvalue weighted by Crippen LogP contribution is -2.20. The van der Waals surface area contributed by atoms with E-state index in [0.29, 0.717) is 0 Å². The van der Waals surface area contributed by atoms with Crippen LogP contribution in [0, 0.1) is 13.8 Å². The van der Waals surface area contributed by atoms with Crippen LogP contribution in [0.1, 0.15) is 23.1 Å². The number of methoxy groups -OCH3 is 1. The molecule has 1 rings (SSSR count). The highest BCUT2D eigenvalue weighted by atomic mass is 32.2. The molecule has 0 spiro atoms. The molecule has 0 aromatic heterocycles. The second-order valence-electron chi connectivity index (χ2n) is 4.64. The van der Waals surface area contributed by atoms with E-state index in [0.717, 1.165) is 25.4 Å². The van der Waals surface area contributed by atoms with Crippen molar-refractivity contribution < 1.29 is 4.74 Å². The van der Waals surface area contributed by atoms with E-state index in [1.165, 1.54) is 28.9 Å². The molecule has 3 heteroatoms. The smallest absolute Gasteiger partial charge is 0.0587 e. The summed E-state index contributed by atoms with van der Waals surface area (Å²) in [6.07, 6.45) is 1.22. The topological polar surface area (TPSA) is 21.3 Å². The van der Waals surface area contributed by atoms with Crippen molar-refractivity contribution in [2.75, 3.05) is 32.6 Å². The van der Waals surface area contributed by atoms with Crippen molar-refractivity contribution in [1.82, 2.24) is 5.32 Å². The Morgan fingerprint density at radius 2 is 1.83 bits per heavy atom. The van der Waals surface area contributed by atoms with Crippen LogP contribution in [0.25, 0.3) is 0 Å². The Hall–Kier alpha value is -0.510. The van der Waals surface area contributed by atoms with Gasteiger partial charge in [0.25, 0.3) is 0 Å². The van der Waals surface area contributed by atoms with Crippen LogP contribution in [-0.2, 0) is 10.5 Å². The minimum Gasteiger partial charge on any atom is -0.383 e. The summed E-state index contributed by atoms with van der Waals surface area (Å²) in [5, 5.41) is 3.36. The number of hydrogen-bond donors (Lipinski definition) is 1. The third-order valence-electron chi connectivity index (χ3n) is 2.68. The second kappa shape index (κ2) is 9.42. The van der Waals surface area contributed by atoms with Crippen LogP contribution in [0.3, 0.4) is 0 Å². The number of aryl methyl sites for hydroxylation is 2. The third kappa shape index (κ3) is 7.04. The molecule has 102 valence electrons. The summed E-state index contributed by atoms with van der Waals surface area (Å²) in [6.45, 7) is 7.18. The van der Waals surface area contributed by atoms with E-state index < -0.39 is 0 Å². The van der Waals surface area contributed by atoms with Gasteiger partial charge < -0.3 is 10.1 Å². The molecule has 1 aromatic carbocycles. The van der Waals surface area contributed by atoms with Gasteiger partial charge in [0.2, 0.25) is 0 Å². The Morgan fingerprint density at radius 1 is 1.11 bits per heavy atom.